The van der Waals surface area contributed by atoms with Crippen molar-refractivity contribution in [3.8, 4) is 0 Å². The maximum atomic E-state index is 12.3. The fourth-order valence-electron chi connectivity index (χ4n) is 2.26. The predicted octanol–water partition coefficient (Wildman–Crippen LogP) is 5.52. The first kappa shape index (κ1) is 15.7. The van der Waals surface area contributed by atoms with Crippen LogP contribution in [0.15, 0.2) is 40.9 Å². The lowest BCUT2D eigenvalue weighted by atomic mass is 9.87. The van der Waals surface area contributed by atoms with Crippen LogP contribution in [0.2, 0.25) is 0 Å². The van der Waals surface area contributed by atoms with E-state index in [4.69, 9.17) is 0 Å². The van der Waals surface area contributed by atoms with E-state index in [1.54, 1.807) is 0 Å². The Morgan fingerprint density at radius 3 is 2.30 bits per heavy atom. The summed E-state index contributed by atoms with van der Waals surface area (Å²) in [4.78, 5) is 12.2. The molecular formula is C17H18Br2O. The molecule has 1 nitrogen and oxygen atoms in total. The number of ketones is 1. The molecule has 0 spiro atoms. The maximum absolute atomic E-state index is 12.3. The first-order valence-corrected chi connectivity index (χ1v) is 8.36. The zero-order chi connectivity index (χ0) is 14.9. The Labute approximate surface area is 137 Å². The van der Waals surface area contributed by atoms with Gasteiger partial charge < -0.3 is 0 Å². The summed E-state index contributed by atoms with van der Waals surface area (Å²) in [5.74, 6) is 0.240. The molecule has 3 heteroatoms. The van der Waals surface area contributed by atoms with E-state index < -0.39 is 0 Å². The Morgan fingerprint density at radius 2 is 1.70 bits per heavy atom. The maximum Gasteiger partial charge on any atom is 0.152 e. The van der Waals surface area contributed by atoms with Gasteiger partial charge in [-0.3, -0.25) is 4.79 Å². The SMILES string of the molecule is CC(C)(C)C(=O)C(Br)Cc1ccc(Br)c2ccccc12. The number of carbonyl (C=O) groups is 1. The lowest BCUT2D eigenvalue weighted by molar-refractivity contribution is -0.125. The van der Waals surface area contributed by atoms with Crippen molar-refractivity contribution in [1.29, 1.82) is 0 Å². The molecule has 2 rings (SSSR count). The molecule has 0 fully saturated rings. The van der Waals surface area contributed by atoms with Gasteiger partial charge in [0.15, 0.2) is 5.78 Å². The molecule has 0 aliphatic heterocycles. The Balaban J connectivity index is 2.36. The van der Waals surface area contributed by atoms with Crippen molar-refractivity contribution in [2.45, 2.75) is 32.0 Å². The first-order valence-electron chi connectivity index (χ1n) is 6.65. The molecule has 0 aliphatic rings. The second kappa shape index (κ2) is 5.98. The third kappa shape index (κ3) is 3.32. The highest BCUT2D eigenvalue weighted by Crippen LogP contribution is 2.30. The normalized spacial score (nSPS) is 13.4. The van der Waals surface area contributed by atoms with Crippen molar-refractivity contribution in [2.24, 2.45) is 5.41 Å². The summed E-state index contributed by atoms with van der Waals surface area (Å²) in [5, 5.41) is 2.39. The fraction of sp³-hybridized carbons (Fsp3) is 0.353. The van der Waals surface area contributed by atoms with Crippen molar-refractivity contribution in [2.75, 3.05) is 0 Å². The number of Topliss-reactive ketones (excluding diaryl/α,β-unsaturated/α-hetero) is 1. The van der Waals surface area contributed by atoms with E-state index >= 15 is 0 Å². The summed E-state index contributed by atoms with van der Waals surface area (Å²) in [7, 11) is 0. The van der Waals surface area contributed by atoms with Gasteiger partial charge in [-0.25, -0.2) is 0 Å². The standard InChI is InChI=1S/C17H18Br2O/c1-17(2,3)16(20)15(19)10-11-8-9-14(18)13-7-5-4-6-12(11)13/h4-9,15H,10H2,1-3H3. The molecule has 2 aromatic rings. The van der Waals surface area contributed by atoms with Gasteiger partial charge >= 0.3 is 0 Å². The van der Waals surface area contributed by atoms with E-state index in [-0.39, 0.29) is 16.0 Å². The van der Waals surface area contributed by atoms with Crippen molar-refractivity contribution in [1.82, 2.24) is 0 Å². The van der Waals surface area contributed by atoms with Crippen LogP contribution in [0.3, 0.4) is 0 Å². The molecule has 0 amide bonds. The number of rotatable bonds is 3. The van der Waals surface area contributed by atoms with Gasteiger partial charge in [0.2, 0.25) is 0 Å². The highest BCUT2D eigenvalue weighted by atomic mass is 79.9. The molecule has 0 heterocycles. The number of carbonyl (C=O) groups excluding carboxylic acids is 1. The summed E-state index contributed by atoms with van der Waals surface area (Å²) >= 11 is 7.14. The average molecular weight is 398 g/mol. The van der Waals surface area contributed by atoms with Gasteiger partial charge in [0.05, 0.1) is 4.83 Å². The Morgan fingerprint density at radius 1 is 1.10 bits per heavy atom. The van der Waals surface area contributed by atoms with Crippen LogP contribution in [0.4, 0.5) is 0 Å². The number of fused-ring (bicyclic) bond motifs is 1. The molecule has 0 radical (unpaired) electrons. The minimum Gasteiger partial charge on any atom is -0.298 e. The van der Waals surface area contributed by atoms with Crippen molar-refractivity contribution in [3.63, 3.8) is 0 Å². The zero-order valence-corrected chi connectivity index (χ0v) is 15.1. The van der Waals surface area contributed by atoms with Crippen LogP contribution in [-0.4, -0.2) is 10.6 Å². The number of hydrogen-bond donors (Lipinski definition) is 0. The van der Waals surface area contributed by atoms with Crippen LogP contribution in [0, 0.1) is 5.41 Å². The summed E-state index contributed by atoms with van der Waals surface area (Å²) in [6, 6.07) is 12.4. The molecule has 2 aromatic carbocycles. The molecule has 1 unspecified atom stereocenters. The Kier molecular flexibility index (Phi) is 4.70. The van der Waals surface area contributed by atoms with Gasteiger partial charge in [-0.1, -0.05) is 83.0 Å². The molecule has 0 saturated carbocycles. The van der Waals surface area contributed by atoms with E-state index in [0.29, 0.717) is 6.42 Å². The van der Waals surface area contributed by atoms with E-state index in [2.05, 4.69) is 56.1 Å². The van der Waals surface area contributed by atoms with Gasteiger partial charge in [-0.15, -0.1) is 0 Å². The predicted molar refractivity (Wildman–Crippen MR) is 92.5 cm³/mol. The molecule has 0 saturated heterocycles. The molecule has 0 aliphatic carbocycles. The molecule has 0 N–H and O–H groups in total. The first-order chi connectivity index (χ1) is 9.30. The van der Waals surface area contributed by atoms with Crippen LogP contribution < -0.4 is 0 Å². The molecule has 0 bridgehead atoms. The average Bonchev–Trinajstić information content (AvgIpc) is 2.40. The van der Waals surface area contributed by atoms with E-state index in [1.807, 2.05) is 32.9 Å². The molecule has 1 atom stereocenters. The van der Waals surface area contributed by atoms with Gasteiger partial charge in [-0.2, -0.15) is 0 Å². The fourth-order valence-corrected chi connectivity index (χ4v) is 3.77. The third-order valence-electron chi connectivity index (χ3n) is 3.38. The summed E-state index contributed by atoms with van der Waals surface area (Å²) in [6.07, 6.45) is 0.712. The van der Waals surface area contributed by atoms with Gasteiger partial charge in [0.25, 0.3) is 0 Å². The monoisotopic (exact) mass is 396 g/mol. The molecule has 20 heavy (non-hydrogen) atoms. The Bertz CT molecular complexity index is 641. The Hall–Kier alpha value is -0.670. The van der Waals surface area contributed by atoms with Crippen LogP contribution in [0.5, 0.6) is 0 Å². The van der Waals surface area contributed by atoms with Crippen molar-refractivity contribution in [3.05, 3.63) is 46.4 Å². The number of alkyl halides is 1. The van der Waals surface area contributed by atoms with Crippen LogP contribution in [0.25, 0.3) is 10.8 Å². The number of halogens is 2. The van der Waals surface area contributed by atoms with Gasteiger partial charge in [-0.05, 0) is 28.8 Å². The lowest BCUT2D eigenvalue weighted by Gasteiger charge is -2.21. The van der Waals surface area contributed by atoms with Crippen molar-refractivity contribution >= 4 is 48.4 Å². The smallest absolute Gasteiger partial charge is 0.152 e. The third-order valence-corrected chi connectivity index (χ3v) is 4.82. The highest BCUT2D eigenvalue weighted by molar-refractivity contribution is 9.10. The molecular weight excluding hydrogens is 380 g/mol. The largest absolute Gasteiger partial charge is 0.298 e. The van der Waals surface area contributed by atoms with E-state index in [1.165, 1.54) is 16.3 Å². The second-order valence-electron chi connectivity index (χ2n) is 6.04. The summed E-state index contributed by atoms with van der Waals surface area (Å²) < 4.78 is 1.09. The minimum absolute atomic E-state index is 0.146. The zero-order valence-electron chi connectivity index (χ0n) is 11.9. The van der Waals surface area contributed by atoms with Crippen molar-refractivity contribution < 1.29 is 4.79 Å². The second-order valence-corrected chi connectivity index (χ2v) is 8.00. The topological polar surface area (TPSA) is 17.1 Å². The summed E-state index contributed by atoms with van der Waals surface area (Å²) in [6.45, 7) is 5.88. The van der Waals surface area contributed by atoms with Gasteiger partial charge in [0, 0.05) is 9.89 Å². The number of benzene rings is 2. The lowest BCUT2D eigenvalue weighted by Crippen LogP contribution is -2.30. The highest BCUT2D eigenvalue weighted by Gasteiger charge is 2.28. The molecule has 106 valence electrons. The van der Waals surface area contributed by atoms with Gasteiger partial charge in [0.1, 0.15) is 0 Å². The number of hydrogen-bond acceptors (Lipinski definition) is 1. The van der Waals surface area contributed by atoms with E-state index in [9.17, 15) is 4.79 Å². The van der Waals surface area contributed by atoms with Crippen LogP contribution in [0.1, 0.15) is 26.3 Å². The van der Waals surface area contributed by atoms with E-state index in [0.717, 1.165) is 4.47 Å². The summed E-state index contributed by atoms with van der Waals surface area (Å²) in [5.41, 5.74) is 0.877. The molecule has 0 aromatic heterocycles. The van der Waals surface area contributed by atoms with Crippen LogP contribution >= 0.6 is 31.9 Å². The van der Waals surface area contributed by atoms with Crippen LogP contribution in [-0.2, 0) is 11.2 Å². The minimum atomic E-state index is -0.320. The quantitative estimate of drug-likeness (QED) is 0.622.